The number of anilines is 1. The molecule has 3 N–H and O–H groups in total. The van der Waals surface area contributed by atoms with Gasteiger partial charge >= 0.3 is 5.97 Å². The molecule has 10 heteroatoms. The minimum atomic E-state index is -1.03. The Balaban J connectivity index is 0.00000115. The lowest BCUT2D eigenvalue weighted by Gasteiger charge is -2.27. The quantitative estimate of drug-likeness (QED) is 0.427. The van der Waals surface area contributed by atoms with Gasteiger partial charge in [0.05, 0.1) is 31.0 Å². The van der Waals surface area contributed by atoms with Crippen LogP contribution in [0.4, 0.5) is 10.1 Å². The van der Waals surface area contributed by atoms with E-state index < -0.39 is 28.8 Å². The lowest BCUT2D eigenvalue weighted by atomic mass is 9.89. The molecule has 2 fully saturated rings. The number of aromatic nitrogens is 1. The van der Waals surface area contributed by atoms with Crippen molar-refractivity contribution in [2.75, 3.05) is 32.7 Å². The smallest absolute Gasteiger partial charge is 0.317 e. The maximum atomic E-state index is 14.4. The summed E-state index contributed by atoms with van der Waals surface area (Å²) in [6.07, 6.45) is -0.584. The van der Waals surface area contributed by atoms with Gasteiger partial charge in [0.1, 0.15) is 30.0 Å². The van der Waals surface area contributed by atoms with E-state index in [-0.39, 0.29) is 24.5 Å². The van der Waals surface area contributed by atoms with Gasteiger partial charge < -0.3 is 39.1 Å². The zero-order valence-electron chi connectivity index (χ0n) is 23.5. The van der Waals surface area contributed by atoms with Crippen molar-refractivity contribution in [1.82, 2.24) is 4.57 Å². The van der Waals surface area contributed by atoms with Crippen LogP contribution in [0.1, 0.15) is 61.1 Å². The summed E-state index contributed by atoms with van der Waals surface area (Å²) in [5.74, 6) is -2.33. The van der Waals surface area contributed by atoms with E-state index in [1.807, 2.05) is 52.2 Å². The van der Waals surface area contributed by atoms with E-state index in [4.69, 9.17) is 34.5 Å². The summed E-state index contributed by atoms with van der Waals surface area (Å²) in [7, 11) is 1.00. The Morgan fingerprint density at radius 2 is 1.62 bits per heavy atom. The van der Waals surface area contributed by atoms with E-state index in [0.717, 1.165) is 12.5 Å². The van der Waals surface area contributed by atoms with Crippen LogP contribution < -0.4 is 5.73 Å². The summed E-state index contributed by atoms with van der Waals surface area (Å²) in [5, 5.41) is 7.73. The molecule has 3 heterocycles. The highest BCUT2D eigenvalue weighted by molar-refractivity contribution is 5.89. The zero-order chi connectivity index (χ0) is 28.2. The Morgan fingerprint density at radius 1 is 1.08 bits per heavy atom. The molecule has 2 unspecified atom stereocenters. The van der Waals surface area contributed by atoms with Gasteiger partial charge in [-0.2, -0.15) is 0 Å². The van der Waals surface area contributed by atoms with E-state index in [9.17, 15) is 9.18 Å². The maximum Gasteiger partial charge on any atom is 0.317 e. The number of carbonyl (C=O) groups is 1. The van der Waals surface area contributed by atoms with Crippen LogP contribution in [0.3, 0.4) is 0 Å². The van der Waals surface area contributed by atoms with Crippen LogP contribution in [0.25, 0.3) is 10.9 Å². The number of benzene rings is 1. The minimum Gasteiger partial charge on any atom is -0.462 e. The molecule has 0 spiro atoms. The standard InChI is InChI=1S/C24H33FN2O6.C2H6.CH4O/c1-22(2,21(28)29-11-16-13-31-24(5,6)33-16)20-8-14-7-18(26)17(25)9-19(14)27(20)10-15-12-30-23(3,4)32-15;2*1-2/h7-9,15-16H,10-13,26H2,1-6H3;1-2H3;2H,1H3. The molecule has 2 aliphatic rings. The highest BCUT2D eigenvalue weighted by atomic mass is 19.1. The molecule has 0 amide bonds. The van der Waals surface area contributed by atoms with E-state index in [1.165, 1.54) is 6.07 Å². The van der Waals surface area contributed by atoms with Crippen LogP contribution in [0.2, 0.25) is 0 Å². The summed E-state index contributed by atoms with van der Waals surface area (Å²) in [4.78, 5) is 13.2. The highest BCUT2D eigenvalue weighted by Crippen LogP contribution is 2.35. The van der Waals surface area contributed by atoms with Crippen molar-refractivity contribution in [3.05, 3.63) is 29.7 Å². The van der Waals surface area contributed by atoms with E-state index >= 15 is 0 Å². The topological polar surface area (TPSA) is 114 Å². The normalized spacial score (nSPS) is 22.1. The SMILES string of the molecule is CC.CC1(C)OCC(COC(=O)C(C)(C)c2cc3cc(N)c(F)cc3n2CC2COC(C)(C)O2)O1.CO. The number of nitrogens with zero attached hydrogens (tertiary/aromatic N) is 1. The van der Waals surface area contributed by atoms with Crippen molar-refractivity contribution in [3.63, 3.8) is 0 Å². The third-order valence-electron chi connectivity index (χ3n) is 6.09. The van der Waals surface area contributed by atoms with Crippen LogP contribution in [0.15, 0.2) is 18.2 Å². The van der Waals surface area contributed by atoms with Crippen molar-refractivity contribution in [2.24, 2.45) is 0 Å². The number of nitrogens with two attached hydrogens (primary N) is 1. The number of ether oxygens (including phenoxy) is 5. The number of carbonyl (C=O) groups excluding carboxylic acids is 1. The van der Waals surface area contributed by atoms with E-state index in [2.05, 4.69) is 0 Å². The first-order valence-corrected chi connectivity index (χ1v) is 12.6. The second-order valence-electron chi connectivity index (χ2n) is 10.2. The highest BCUT2D eigenvalue weighted by Gasteiger charge is 2.40. The molecule has 2 aromatic rings. The number of aliphatic hydroxyl groups excluding tert-OH is 1. The lowest BCUT2D eigenvalue weighted by molar-refractivity contribution is -0.162. The second-order valence-corrected chi connectivity index (χ2v) is 10.2. The van der Waals surface area contributed by atoms with E-state index in [0.29, 0.717) is 31.0 Å². The molecule has 210 valence electrons. The summed E-state index contributed by atoms with van der Waals surface area (Å²) in [5.41, 5.74) is 6.12. The molecule has 0 aliphatic carbocycles. The predicted octanol–water partition coefficient (Wildman–Crippen LogP) is 4.12. The fourth-order valence-corrected chi connectivity index (χ4v) is 4.37. The third-order valence-corrected chi connectivity index (χ3v) is 6.09. The van der Waals surface area contributed by atoms with Crippen LogP contribution in [-0.4, -0.2) is 66.4 Å². The van der Waals surface area contributed by atoms with Gasteiger partial charge in [-0.05, 0) is 53.7 Å². The maximum absolute atomic E-state index is 14.4. The number of esters is 1. The van der Waals surface area contributed by atoms with Gasteiger partial charge in [-0.15, -0.1) is 0 Å². The lowest BCUT2D eigenvalue weighted by Crippen LogP contribution is -2.36. The van der Waals surface area contributed by atoms with Crippen LogP contribution in [-0.2, 0) is 40.4 Å². The first kappa shape index (κ1) is 31.0. The van der Waals surface area contributed by atoms with Gasteiger partial charge in [0.25, 0.3) is 0 Å². The monoisotopic (exact) mass is 526 g/mol. The van der Waals surface area contributed by atoms with Crippen LogP contribution in [0, 0.1) is 5.82 Å². The molecule has 2 saturated heterocycles. The van der Waals surface area contributed by atoms with Gasteiger partial charge in [0, 0.05) is 24.3 Å². The Labute approximate surface area is 218 Å². The molecular weight excluding hydrogens is 483 g/mol. The van der Waals surface area contributed by atoms with Gasteiger partial charge in [-0.3, -0.25) is 4.79 Å². The molecular formula is C27H43FN2O7. The predicted molar refractivity (Wildman–Crippen MR) is 140 cm³/mol. The minimum absolute atomic E-state index is 0.0502. The van der Waals surface area contributed by atoms with Crippen molar-refractivity contribution < 1.29 is 38.0 Å². The average molecular weight is 527 g/mol. The number of hydrogen-bond donors (Lipinski definition) is 2. The molecule has 2 aliphatic heterocycles. The largest absolute Gasteiger partial charge is 0.462 e. The molecule has 2 atom stereocenters. The number of nitrogen functional groups attached to an aromatic ring is 1. The first-order valence-electron chi connectivity index (χ1n) is 12.6. The summed E-state index contributed by atoms with van der Waals surface area (Å²) in [6, 6.07) is 4.82. The number of rotatable bonds is 6. The summed E-state index contributed by atoms with van der Waals surface area (Å²) < 4.78 is 44.8. The molecule has 0 radical (unpaired) electrons. The summed E-state index contributed by atoms with van der Waals surface area (Å²) >= 11 is 0. The fraction of sp³-hybridized carbons (Fsp3) is 0.667. The Kier molecular flexibility index (Phi) is 10.1. The van der Waals surface area contributed by atoms with Gasteiger partial charge in [-0.25, -0.2) is 4.39 Å². The number of hydrogen-bond acceptors (Lipinski definition) is 8. The molecule has 0 bridgehead atoms. The number of halogens is 1. The second kappa shape index (κ2) is 12.1. The molecule has 9 nitrogen and oxygen atoms in total. The zero-order valence-corrected chi connectivity index (χ0v) is 23.5. The molecule has 1 aromatic heterocycles. The van der Waals surface area contributed by atoms with Crippen LogP contribution >= 0.6 is 0 Å². The van der Waals surface area contributed by atoms with Gasteiger partial charge in [0.2, 0.25) is 0 Å². The molecule has 4 rings (SSSR count). The number of aliphatic hydroxyl groups is 1. The molecule has 37 heavy (non-hydrogen) atoms. The Hall–Kier alpha value is -2.24. The average Bonchev–Trinajstić information content (AvgIpc) is 3.49. The van der Waals surface area contributed by atoms with E-state index in [1.54, 1.807) is 19.9 Å². The molecule has 0 saturated carbocycles. The summed E-state index contributed by atoms with van der Waals surface area (Å²) in [6.45, 7) is 16.1. The Bertz CT molecular complexity index is 1060. The Morgan fingerprint density at radius 3 is 2.14 bits per heavy atom. The van der Waals surface area contributed by atoms with Crippen molar-refractivity contribution >= 4 is 22.6 Å². The van der Waals surface area contributed by atoms with Crippen LogP contribution in [0.5, 0.6) is 0 Å². The van der Waals surface area contributed by atoms with Gasteiger partial charge in [-0.1, -0.05) is 13.8 Å². The van der Waals surface area contributed by atoms with Crippen molar-refractivity contribution in [2.45, 2.75) is 91.1 Å². The third kappa shape index (κ3) is 7.20. The fourth-order valence-electron chi connectivity index (χ4n) is 4.37. The van der Waals surface area contributed by atoms with Crippen molar-refractivity contribution in [1.29, 1.82) is 0 Å². The number of fused-ring (bicyclic) bond motifs is 1. The first-order chi connectivity index (χ1) is 17.3. The van der Waals surface area contributed by atoms with Crippen molar-refractivity contribution in [3.8, 4) is 0 Å². The molecule has 1 aromatic carbocycles. The van der Waals surface area contributed by atoms with Gasteiger partial charge in [0.15, 0.2) is 11.6 Å².